The predicted octanol–water partition coefficient (Wildman–Crippen LogP) is 2.72. The van der Waals surface area contributed by atoms with E-state index in [1.165, 1.54) is 12.1 Å². The fourth-order valence-electron chi connectivity index (χ4n) is 2.36. The minimum Gasteiger partial charge on any atom is -0.335 e. The van der Waals surface area contributed by atoms with E-state index < -0.39 is 0 Å². The van der Waals surface area contributed by atoms with Crippen molar-refractivity contribution in [3.05, 3.63) is 71.5 Å². The minimum absolute atomic E-state index is 0.0318. The zero-order valence-corrected chi connectivity index (χ0v) is 12.0. The SMILES string of the molecule is CN(C(=O)CCN)[C@@H](c1ccccc1)c1ccc(F)cc1. The van der Waals surface area contributed by atoms with E-state index in [0.717, 1.165) is 11.1 Å². The molecular formula is C17H19FN2O. The number of nitrogens with zero attached hydrogens (tertiary/aromatic N) is 1. The molecular weight excluding hydrogens is 267 g/mol. The molecule has 0 radical (unpaired) electrons. The summed E-state index contributed by atoms with van der Waals surface area (Å²) in [5.74, 6) is -0.322. The molecule has 2 N–H and O–H groups in total. The third kappa shape index (κ3) is 3.67. The molecule has 0 fully saturated rings. The minimum atomic E-state index is -0.290. The lowest BCUT2D eigenvalue weighted by Gasteiger charge is -2.29. The van der Waals surface area contributed by atoms with Crippen LogP contribution in [-0.4, -0.2) is 24.4 Å². The molecule has 2 aromatic carbocycles. The second-order valence-corrected chi connectivity index (χ2v) is 4.91. The average Bonchev–Trinajstić information content (AvgIpc) is 2.50. The van der Waals surface area contributed by atoms with Crippen molar-refractivity contribution in [2.75, 3.05) is 13.6 Å². The van der Waals surface area contributed by atoms with E-state index in [-0.39, 0.29) is 17.8 Å². The van der Waals surface area contributed by atoms with E-state index in [9.17, 15) is 9.18 Å². The first-order valence-electron chi connectivity index (χ1n) is 6.89. The molecule has 4 heteroatoms. The molecule has 2 rings (SSSR count). The van der Waals surface area contributed by atoms with Crippen LogP contribution in [0.4, 0.5) is 4.39 Å². The van der Waals surface area contributed by atoms with E-state index in [1.807, 2.05) is 30.3 Å². The van der Waals surface area contributed by atoms with Crippen LogP contribution in [0.15, 0.2) is 54.6 Å². The Balaban J connectivity index is 2.39. The molecule has 0 bridgehead atoms. The molecule has 110 valence electrons. The van der Waals surface area contributed by atoms with Gasteiger partial charge in [0.25, 0.3) is 0 Å². The molecule has 0 unspecified atom stereocenters. The van der Waals surface area contributed by atoms with E-state index >= 15 is 0 Å². The summed E-state index contributed by atoms with van der Waals surface area (Å²) in [6, 6.07) is 15.7. The van der Waals surface area contributed by atoms with Crippen molar-refractivity contribution in [3.63, 3.8) is 0 Å². The van der Waals surface area contributed by atoms with E-state index in [4.69, 9.17) is 5.73 Å². The van der Waals surface area contributed by atoms with Gasteiger partial charge in [-0.2, -0.15) is 0 Å². The zero-order valence-electron chi connectivity index (χ0n) is 12.0. The van der Waals surface area contributed by atoms with Gasteiger partial charge in [-0.15, -0.1) is 0 Å². The van der Waals surface area contributed by atoms with Crippen LogP contribution in [0.2, 0.25) is 0 Å². The lowest BCUT2D eigenvalue weighted by molar-refractivity contribution is -0.131. The summed E-state index contributed by atoms with van der Waals surface area (Å²) in [5, 5.41) is 0. The monoisotopic (exact) mass is 286 g/mol. The Kier molecular flexibility index (Phi) is 5.06. The number of carbonyl (C=O) groups excluding carboxylic acids is 1. The number of rotatable bonds is 5. The van der Waals surface area contributed by atoms with Crippen molar-refractivity contribution in [3.8, 4) is 0 Å². The first-order valence-corrected chi connectivity index (χ1v) is 6.89. The summed E-state index contributed by atoms with van der Waals surface area (Å²) in [6.45, 7) is 0.314. The largest absolute Gasteiger partial charge is 0.335 e. The third-order valence-corrected chi connectivity index (χ3v) is 3.44. The summed E-state index contributed by atoms with van der Waals surface area (Å²) in [7, 11) is 1.75. The first-order chi connectivity index (χ1) is 10.1. The van der Waals surface area contributed by atoms with Crippen LogP contribution in [0, 0.1) is 5.82 Å². The average molecular weight is 286 g/mol. The molecule has 0 saturated carbocycles. The Bertz CT molecular complexity index is 583. The highest BCUT2D eigenvalue weighted by atomic mass is 19.1. The van der Waals surface area contributed by atoms with Crippen LogP contribution in [0.25, 0.3) is 0 Å². The quantitative estimate of drug-likeness (QED) is 0.918. The van der Waals surface area contributed by atoms with E-state index in [0.29, 0.717) is 13.0 Å². The standard InChI is InChI=1S/C17H19FN2O/c1-20(16(21)11-12-19)17(13-5-3-2-4-6-13)14-7-9-15(18)10-8-14/h2-10,17H,11-12,19H2,1H3/t17-/m0/s1. The molecule has 0 aromatic heterocycles. The normalized spacial score (nSPS) is 12.0. The first kappa shape index (κ1) is 15.2. The van der Waals surface area contributed by atoms with E-state index in [1.54, 1.807) is 24.1 Å². The van der Waals surface area contributed by atoms with Crippen molar-refractivity contribution in [2.24, 2.45) is 5.73 Å². The van der Waals surface area contributed by atoms with Crippen LogP contribution in [0.3, 0.4) is 0 Å². The van der Waals surface area contributed by atoms with Gasteiger partial charge in [0.05, 0.1) is 6.04 Å². The Morgan fingerprint density at radius 3 is 2.24 bits per heavy atom. The van der Waals surface area contributed by atoms with Crippen molar-refractivity contribution in [2.45, 2.75) is 12.5 Å². The number of carbonyl (C=O) groups is 1. The summed E-state index contributed by atoms with van der Waals surface area (Å²) >= 11 is 0. The highest BCUT2D eigenvalue weighted by Gasteiger charge is 2.22. The number of amides is 1. The molecule has 1 atom stereocenters. The lowest BCUT2D eigenvalue weighted by Crippen LogP contribution is -2.33. The highest BCUT2D eigenvalue weighted by molar-refractivity contribution is 5.77. The maximum atomic E-state index is 13.1. The molecule has 1 amide bonds. The maximum Gasteiger partial charge on any atom is 0.224 e. The van der Waals surface area contributed by atoms with Crippen LogP contribution in [0.5, 0.6) is 0 Å². The number of benzene rings is 2. The molecule has 3 nitrogen and oxygen atoms in total. The fraction of sp³-hybridized carbons (Fsp3) is 0.235. The van der Waals surface area contributed by atoms with Gasteiger partial charge in [0, 0.05) is 20.0 Å². The van der Waals surface area contributed by atoms with Crippen molar-refractivity contribution in [1.29, 1.82) is 0 Å². The molecule has 0 saturated heterocycles. The van der Waals surface area contributed by atoms with Gasteiger partial charge in [0.1, 0.15) is 5.82 Å². The molecule has 21 heavy (non-hydrogen) atoms. The Morgan fingerprint density at radius 2 is 1.67 bits per heavy atom. The number of hydrogen-bond acceptors (Lipinski definition) is 2. The number of halogens is 1. The van der Waals surface area contributed by atoms with Crippen LogP contribution in [0.1, 0.15) is 23.6 Å². The van der Waals surface area contributed by atoms with Gasteiger partial charge in [-0.3, -0.25) is 4.79 Å². The Morgan fingerprint density at radius 1 is 1.10 bits per heavy atom. The van der Waals surface area contributed by atoms with Crippen LogP contribution in [-0.2, 0) is 4.79 Å². The van der Waals surface area contributed by atoms with Gasteiger partial charge in [0.2, 0.25) is 5.91 Å². The van der Waals surface area contributed by atoms with Gasteiger partial charge in [0.15, 0.2) is 0 Å². The molecule has 0 heterocycles. The van der Waals surface area contributed by atoms with Gasteiger partial charge in [-0.25, -0.2) is 4.39 Å². The lowest BCUT2D eigenvalue weighted by atomic mass is 9.97. The summed E-state index contributed by atoms with van der Waals surface area (Å²) in [5.41, 5.74) is 7.32. The zero-order chi connectivity index (χ0) is 15.2. The van der Waals surface area contributed by atoms with Gasteiger partial charge in [-0.05, 0) is 23.3 Å². The van der Waals surface area contributed by atoms with Crippen molar-refractivity contribution < 1.29 is 9.18 Å². The van der Waals surface area contributed by atoms with E-state index in [2.05, 4.69) is 0 Å². The molecule has 0 aliphatic carbocycles. The van der Waals surface area contributed by atoms with Crippen molar-refractivity contribution >= 4 is 5.91 Å². The number of nitrogens with two attached hydrogens (primary N) is 1. The van der Waals surface area contributed by atoms with Crippen LogP contribution >= 0.6 is 0 Å². The molecule has 2 aromatic rings. The second-order valence-electron chi connectivity index (χ2n) is 4.91. The topological polar surface area (TPSA) is 46.3 Å². The van der Waals surface area contributed by atoms with Crippen LogP contribution < -0.4 is 5.73 Å². The fourth-order valence-corrected chi connectivity index (χ4v) is 2.36. The summed E-state index contributed by atoms with van der Waals surface area (Å²) in [6.07, 6.45) is 0.293. The smallest absolute Gasteiger partial charge is 0.224 e. The summed E-state index contributed by atoms with van der Waals surface area (Å²) < 4.78 is 13.1. The van der Waals surface area contributed by atoms with Gasteiger partial charge < -0.3 is 10.6 Å². The number of hydrogen-bond donors (Lipinski definition) is 1. The second kappa shape index (κ2) is 6.99. The summed E-state index contributed by atoms with van der Waals surface area (Å²) in [4.78, 5) is 13.8. The molecule has 0 spiro atoms. The molecule has 0 aliphatic heterocycles. The Labute approximate surface area is 124 Å². The van der Waals surface area contributed by atoms with Gasteiger partial charge in [-0.1, -0.05) is 42.5 Å². The maximum absolute atomic E-state index is 13.1. The Hall–Kier alpha value is -2.20. The van der Waals surface area contributed by atoms with Crippen molar-refractivity contribution in [1.82, 2.24) is 4.90 Å². The third-order valence-electron chi connectivity index (χ3n) is 3.44. The predicted molar refractivity (Wildman–Crippen MR) is 81.1 cm³/mol. The van der Waals surface area contributed by atoms with Gasteiger partial charge >= 0.3 is 0 Å². The molecule has 0 aliphatic rings. The highest BCUT2D eigenvalue weighted by Crippen LogP contribution is 2.28.